The number of methoxy groups -OCH3 is 2. The number of urea groups is 1. The Labute approximate surface area is 392 Å². The maximum atomic E-state index is 13.4. The van der Waals surface area contributed by atoms with Gasteiger partial charge in [-0.05, 0) is 66.9 Å². The number of benzene rings is 4. The van der Waals surface area contributed by atoms with Gasteiger partial charge in [0.05, 0.1) is 36.8 Å². The van der Waals surface area contributed by atoms with E-state index in [0.717, 1.165) is 5.56 Å². The summed E-state index contributed by atoms with van der Waals surface area (Å²) in [4.78, 5) is 60.4. The third-order valence-corrected chi connectivity index (χ3v) is 11.9. The van der Waals surface area contributed by atoms with Crippen LogP contribution in [-0.2, 0) is 26.0 Å². The second-order valence-electron chi connectivity index (χ2n) is 16.9. The van der Waals surface area contributed by atoms with Crippen LogP contribution in [0.2, 0.25) is 0 Å². The maximum absolute atomic E-state index is 13.4. The van der Waals surface area contributed by atoms with E-state index in [0.29, 0.717) is 107 Å². The van der Waals surface area contributed by atoms with Gasteiger partial charge in [0, 0.05) is 86.7 Å². The molecule has 7 N–H and O–H groups in total. The van der Waals surface area contributed by atoms with Crippen LogP contribution in [-0.4, -0.2) is 121 Å². The number of ether oxygens (including phenoxy) is 3. The van der Waals surface area contributed by atoms with Gasteiger partial charge in [-0.1, -0.05) is 45.0 Å². The Hall–Kier alpha value is -6.96. The third-order valence-electron chi connectivity index (χ3n) is 11.4. The molecule has 18 nitrogen and oxygen atoms in total. The number of aliphatic carboxylic acids is 1. The number of hydrogen-bond donors (Lipinski definition) is 6. The maximum Gasteiger partial charge on any atom is 0.324 e. The Morgan fingerprint density at radius 1 is 0.910 bits per heavy atom. The number of piperazine rings is 1. The largest absolute Gasteiger partial charge is 0.496 e. The van der Waals surface area contributed by atoms with Crippen molar-refractivity contribution in [2.75, 3.05) is 81.7 Å². The lowest BCUT2D eigenvalue weighted by atomic mass is 9.86. The monoisotopic (exact) mass is 937 g/mol. The second-order valence-corrected chi connectivity index (χ2v) is 18.0. The van der Waals surface area contributed by atoms with E-state index in [1.165, 1.54) is 25.4 Å². The lowest BCUT2D eigenvalue weighted by Crippen LogP contribution is -2.50. The number of aromatic nitrogens is 1. The summed E-state index contributed by atoms with van der Waals surface area (Å²) in [6.07, 6.45) is 3.50. The number of amides is 4. The molecule has 19 heteroatoms. The van der Waals surface area contributed by atoms with Crippen molar-refractivity contribution in [3.05, 3.63) is 96.2 Å². The van der Waals surface area contributed by atoms with Gasteiger partial charge in [-0.2, -0.15) is 0 Å². The zero-order valence-electron chi connectivity index (χ0n) is 38.8. The van der Waals surface area contributed by atoms with Crippen LogP contribution in [0.5, 0.6) is 23.0 Å². The number of carbonyl (C=O) groups is 4. The van der Waals surface area contributed by atoms with Crippen molar-refractivity contribution in [3.63, 3.8) is 0 Å². The van der Waals surface area contributed by atoms with Crippen LogP contribution in [0.15, 0.2) is 85.1 Å². The van der Waals surface area contributed by atoms with Crippen molar-refractivity contribution < 1.29 is 42.7 Å². The quantitative estimate of drug-likeness (QED) is 0.0532. The van der Waals surface area contributed by atoms with Crippen LogP contribution in [0, 0.1) is 0 Å². The molecule has 1 fully saturated rings. The Balaban J connectivity index is 1.12. The number of nitrogens with zero attached hydrogens (tertiary/aromatic N) is 4. The van der Waals surface area contributed by atoms with Gasteiger partial charge in [-0.25, -0.2) is 14.0 Å². The number of carbonyl (C=O) groups excluding carboxylic acids is 3. The van der Waals surface area contributed by atoms with Gasteiger partial charge in [0.25, 0.3) is 5.91 Å². The number of hydrogen-bond acceptors (Lipinski definition) is 12. The number of likely N-dealkylation sites (N-methyl/N-ethyl adjacent to an activating group) is 1. The van der Waals surface area contributed by atoms with Crippen LogP contribution in [0.1, 0.15) is 49.5 Å². The minimum absolute atomic E-state index is 0.0640. The van der Waals surface area contributed by atoms with Crippen molar-refractivity contribution in [1.82, 2.24) is 25.4 Å². The van der Waals surface area contributed by atoms with E-state index >= 15 is 0 Å². The van der Waals surface area contributed by atoms with E-state index in [-0.39, 0.29) is 30.1 Å². The fraction of sp³-hybridized carbons (Fsp3) is 0.354. The molecular weight excluding hydrogens is 879 g/mol. The molecule has 2 heterocycles. The summed E-state index contributed by atoms with van der Waals surface area (Å²) in [6.45, 7) is 9.45. The van der Waals surface area contributed by atoms with Crippen LogP contribution in [0.3, 0.4) is 0 Å². The molecule has 2 atom stereocenters. The highest BCUT2D eigenvalue weighted by Gasteiger charge is 2.28. The Morgan fingerprint density at radius 3 is 2.28 bits per heavy atom. The first kappa shape index (κ1) is 49.5. The van der Waals surface area contributed by atoms with Gasteiger partial charge in [-0.3, -0.25) is 24.2 Å². The minimum Gasteiger partial charge on any atom is -0.496 e. The smallest absolute Gasteiger partial charge is 0.324 e. The Kier molecular flexibility index (Phi) is 16.3. The van der Waals surface area contributed by atoms with E-state index < -0.39 is 29.0 Å². The Morgan fingerprint density at radius 2 is 1.64 bits per heavy atom. The van der Waals surface area contributed by atoms with Crippen LogP contribution >= 0.6 is 0 Å². The number of nitrogens with one attached hydrogen (secondary N) is 4. The number of fused-ring (bicyclic) bond motifs is 1. The van der Waals surface area contributed by atoms with Crippen molar-refractivity contribution in [3.8, 4) is 23.0 Å². The highest BCUT2D eigenvalue weighted by molar-refractivity contribution is 7.85. The van der Waals surface area contributed by atoms with E-state index in [1.807, 2.05) is 57.2 Å². The normalized spacial score (nSPS) is 13.9. The highest BCUT2D eigenvalue weighted by Crippen LogP contribution is 2.46. The number of rotatable bonds is 19. The molecule has 1 unspecified atom stereocenters. The summed E-state index contributed by atoms with van der Waals surface area (Å²) in [5, 5.41) is 19.5. The molecule has 0 radical (unpaired) electrons. The molecule has 1 aromatic heterocycles. The van der Waals surface area contributed by atoms with E-state index in [1.54, 1.807) is 60.6 Å². The molecule has 0 aliphatic carbocycles. The first-order valence-electron chi connectivity index (χ1n) is 21.7. The first-order chi connectivity index (χ1) is 32.0. The van der Waals surface area contributed by atoms with Gasteiger partial charge >= 0.3 is 12.0 Å². The second kappa shape index (κ2) is 22.0. The lowest BCUT2D eigenvalue weighted by molar-refractivity contribution is -0.140. The fourth-order valence-electron chi connectivity index (χ4n) is 7.80. The molecule has 1 aliphatic heterocycles. The van der Waals surface area contributed by atoms with Crippen molar-refractivity contribution in [1.29, 1.82) is 0 Å². The van der Waals surface area contributed by atoms with Crippen LogP contribution in [0.4, 0.5) is 33.4 Å². The summed E-state index contributed by atoms with van der Waals surface area (Å²) in [5.74, 6) is 0.754. The molecule has 5 aromatic rings. The van der Waals surface area contributed by atoms with Gasteiger partial charge < -0.3 is 50.6 Å². The summed E-state index contributed by atoms with van der Waals surface area (Å²) in [7, 11) is 3.10. The summed E-state index contributed by atoms with van der Waals surface area (Å²) in [6, 6.07) is 21.8. The minimum atomic E-state index is -1.44. The number of anilines is 5. The number of carboxylic acid groups (broad SMARTS) is 1. The fourth-order valence-corrected chi connectivity index (χ4v) is 8.26. The molecule has 4 amide bonds. The number of carboxylic acids is 1. The molecule has 6 rings (SSSR count). The van der Waals surface area contributed by atoms with E-state index in [2.05, 4.69) is 30.6 Å². The zero-order chi connectivity index (χ0) is 48.4. The van der Waals surface area contributed by atoms with Crippen molar-refractivity contribution >= 4 is 74.1 Å². The lowest BCUT2D eigenvalue weighted by Gasteiger charge is -2.35. The molecule has 1 saturated heterocycles. The zero-order valence-corrected chi connectivity index (χ0v) is 39.6. The average Bonchev–Trinajstić information content (AvgIpc) is 3.29. The first-order valence-corrected chi connectivity index (χ1v) is 23.3. The topological polar surface area (TPSA) is 230 Å². The Bertz CT molecular complexity index is 2630. The summed E-state index contributed by atoms with van der Waals surface area (Å²) >= 11 is 0. The molecule has 4 aromatic carbocycles. The van der Waals surface area contributed by atoms with E-state index in [9.17, 15) is 28.5 Å². The molecule has 0 bridgehead atoms. The summed E-state index contributed by atoms with van der Waals surface area (Å²) < 4.78 is 33.2. The molecule has 0 spiro atoms. The van der Waals surface area contributed by atoms with Crippen molar-refractivity contribution in [2.24, 2.45) is 5.73 Å². The molecule has 67 heavy (non-hydrogen) atoms. The molecular formula is C48H59N9O9S. The van der Waals surface area contributed by atoms with Gasteiger partial charge in [0.15, 0.2) is 5.75 Å². The SMILES string of the molecule is CN[C@@H](CCC(=O)N1CCN(CCNC(=O)c2ccc(Nc3cc(Oc4ccc(N(C(N)=O)c5cc(C(C)(C)C)cc(NS(C)=O)c5OC)c5ccccc45)ccn3)cc2OC)CC1)C(=O)O. The molecule has 0 saturated carbocycles. The third kappa shape index (κ3) is 12.3. The number of pyridine rings is 1. The molecule has 356 valence electrons. The molecule has 1 aliphatic rings. The standard InChI is InChI=1S/C48H59N9O9S/c1-48(2,3)30-26-37(54-67(7)63)44(65-6)39(27-30)57(47(49)62)38-15-16-40(34-11-9-8-10-33(34)38)66-32-18-19-51-42(29-32)53-31-12-13-35(41(28-31)64-5)45(59)52-20-21-55-22-24-56(25-23-55)43(58)17-14-36(50-4)46(60)61/h8-13,15-16,18-19,26-29,36,50,54H,14,17,20-25H2,1-7H3,(H2,49,62)(H,51,53)(H,52,59)(H,60,61)/t36-,67?/m0/s1. The number of primary amides is 1. The van der Waals surface area contributed by atoms with Gasteiger partial charge in [0.1, 0.15) is 40.1 Å². The predicted octanol–water partition coefficient (Wildman–Crippen LogP) is 6.33. The van der Waals surface area contributed by atoms with E-state index in [4.69, 9.17) is 19.9 Å². The van der Waals surface area contributed by atoms with Gasteiger partial charge in [-0.15, -0.1) is 0 Å². The van der Waals surface area contributed by atoms with Crippen molar-refractivity contribution in [2.45, 2.75) is 45.1 Å². The summed E-state index contributed by atoms with van der Waals surface area (Å²) in [5.41, 5.74) is 8.93. The van der Waals surface area contributed by atoms with Crippen LogP contribution < -0.4 is 45.5 Å². The number of nitrogens with two attached hydrogens (primary N) is 1. The highest BCUT2D eigenvalue weighted by atomic mass is 32.2. The average molecular weight is 938 g/mol. The van der Waals surface area contributed by atoms with Gasteiger partial charge in [0.2, 0.25) is 5.91 Å². The van der Waals surface area contributed by atoms with Crippen LogP contribution in [0.25, 0.3) is 10.8 Å². The predicted molar refractivity (Wildman–Crippen MR) is 261 cm³/mol.